The van der Waals surface area contributed by atoms with Gasteiger partial charge in [0.25, 0.3) is 0 Å². The second-order valence-corrected chi connectivity index (χ2v) is 5.02. The Morgan fingerprint density at radius 3 is 2.74 bits per heavy atom. The van der Waals surface area contributed by atoms with Gasteiger partial charge >= 0.3 is 0 Å². The predicted octanol–water partition coefficient (Wildman–Crippen LogP) is 1.66. The van der Waals surface area contributed by atoms with E-state index in [0.29, 0.717) is 19.2 Å². The summed E-state index contributed by atoms with van der Waals surface area (Å²) in [7, 11) is 0. The van der Waals surface area contributed by atoms with Crippen LogP contribution in [0.4, 0.5) is 0 Å². The molecule has 1 atom stereocenters. The molecule has 1 fully saturated rings. The molecule has 0 aliphatic heterocycles. The molecule has 0 radical (unpaired) electrons. The monoisotopic (exact) mass is 259 g/mol. The molecule has 0 aromatic heterocycles. The van der Waals surface area contributed by atoms with Crippen LogP contribution in [-0.4, -0.2) is 41.9 Å². The highest BCUT2D eigenvalue weighted by atomic mass is 16.5. The molecule has 0 heterocycles. The summed E-state index contributed by atoms with van der Waals surface area (Å²) in [4.78, 5) is 2.33. The molecule has 0 bridgehead atoms. The van der Waals surface area contributed by atoms with Gasteiger partial charge in [-0.1, -0.05) is 36.3 Å². The number of hydrogen-bond acceptors (Lipinski definition) is 3. The maximum Gasteiger partial charge on any atom is 0.107 e. The number of terminal acetylenes is 1. The lowest BCUT2D eigenvalue weighted by Crippen LogP contribution is -2.36. The Balaban J connectivity index is 1.81. The molecule has 1 aromatic carbocycles. The summed E-state index contributed by atoms with van der Waals surface area (Å²) in [6.45, 7) is 2.10. The molecule has 2 rings (SSSR count). The van der Waals surface area contributed by atoms with Crippen LogP contribution < -0.4 is 0 Å². The number of ether oxygens (including phenoxy) is 1. The zero-order chi connectivity index (χ0) is 13.5. The molecular formula is C16H21NO2. The van der Waals surface area contributed by atoms with E-state index in [-0.39, 0.29) is 6.61 Å². The highest BCUT2D eigenvalue weighted by molar-refractivity contribution is 5.15. The summed E-state index contributed by atoms with van der Waals surface area (Å²) < 4.78 is 5.18. The van der Waals surface area contributed by atoms with Crippen molar-refractivity contribution in [2.45, 2.75) is 31.5 Å². The Kier molecular flexibility index (Phi) is 5.41. The fourth-order valence-electron chi connectivity index (χ4n) is 2.18. The maximum atomic E-state index is 9.97. The number of nitrogens with zero attached hydrogens (tertiary/aromatic N) is 1. The average Bonchev–Trinajstić information content (AvgIpc) is 3.24. The van der Waals surface area contributed by atoms with Crippen molar-refractivity contribution in [1.82, 2.24) is 4.90 Å². The minimum Gasteiger partial charge on any atom is -0.389 e. The van der Waals surface area contributed by atoms with Gasteiger partial charge in [0.15, 0.2) is 0 Å². The van der Waals surface area contributed by atoms with Gasteiger partial charge in [-0.05, 0) is 18.4 Å². The first-order chi connectivity index (χ1) is 9.29. The van der Waals surface area contributed by atoms with Crippen molar-refractivity contribution in [3.05, 3.63) is 35.9 Å². The molecular weight excluding hydrogens is 238 g/mol. The van der Waals surface area contributed by atoms with Gasteiger partial charge in [-0.15, -0.1) is 6.42 Å². The Morgan fingerprint density at radius 1 is 1.37 bits per heavy atom. The van der Waals surface area contributed by atoms with Crippen LogP contribution in [0.15, 0.2) is 30.3 Å². The third kappa shape index (κ3) is 5.04. The summed E-state index contributed by atoms with van der Waals surface area (Å²) in [6, 6.07) is 11.0. The molecule has 1 aliphatic rings. The van der Waals surface area contributed by atoms with Crippen molar-refractivity contribution < 1.29 is 9.84 Å². The minimum absolute atomic E-state index is 0.263. The second kappa shape index (κ2) is 7.30. The Morgan fingerprint density at radius 2 is 2.11 bits per heavy atom. The summed E-state index contributed by atoms with van der Waals surface area (Å²) in [5.41, 5.74) is 1.28. The summed E-state index contributed by atoms with van der Waals surface area (Å²) in [5, 5.41) is 9.97. The van der Waals surface area contributed by atoms with Crippen LogP contribution in [0, 0.1) is 12.3 Å². The van der Waals surface area contributed by atoms with Crippen LogP contribution in [-0.2, 0) is 11.3 Å². The lowest BCUT2D eigenvalue weighted by molar-refractivity contribution is 0.0242. The van der Waals surface area contributed by atoms with Crippen molar-refractivity contribution in [2.24, 2.45) is 0 Å². The Bertz CT molecular complexity index is 409. The fourth-order valence-corrected chi connectivity index (χ4v) is 2.18. The van der Waals surface area contributed by atoms with Crippen molar-refractivity contribution in [3.63, 3.8) is 0 Å². The van der Waals surface area contributed by atoms with Gasteiger partial charge in [0.2, 0.25) is 0 Å². The summed E-state index contributed by atoms with van der Waals surface area (Å²) in [6.07, 6.45) is 7.09. The first-order valence-corrected chi connectivity index (χ1v) is 6.77. The highest BCUT2D eigenvalue weighted by Crippen LogP contribution is 2.28. The smallest absolute Gasteiger partial charge is 0.107 e. The van der Waals surface area contributed by atoms with E-state index in [0.717, 1.165) is 6.54 Å². The van der Waals surface area contributed by atoms with Gasteiger partial charge in [0, 0.05) is 19.1 Å². The first kappa shape index (κ1) is 14.1. The van der Waals surface area contributed by atoms with Gasteiger partial charge in [0.05, 0.1) is 12.7 Å². The molecule has 19 heavy (non-hydrogen) atoms. The summed E-state index contributed by atoms with van der Waals surface area (Å²) >= 11 is 0. The molecule has 3 heteroatoms. The van der Waals surface area contributed by atoms with E-state index in [1.54, 1.807) is 0 Å². The Labute approximate surface area is 115 Å². The predicted molar refractivity (Wildman–Crippen MR) is 75.5 cm³/mol. The van der Waals surface area contributed by atoms with Crippen LogP contribution in [0.25, 0.3) is 0 Å². The van der Waals surface area contributed by atoms with Gasteiger partial charge in [-0.2, -0.15) is 0 Å². The summed E-state index contributed by atoms with van der Waals surface area (Å²) in [5.74, 6) is 2.40. The SMILES string of the molecule is C#CCOCC(O)CN(Cc1ccccc1)C1CC1. The molecule has 0 spiro atoms. The van der Waals surface area contributed by atoms with E-state index in [1.807, 2.05) is 18.2 Å². The molecule has 1 N–H and O–H groups in total. The second-order valence-electron chi connectivity index (χ2n) is 5.02. The number of aliphatic hydroxyl groups is 1. The quantitative estimate of drug-likeness (QED) is 0.569. The zero-order valence-corrected chi connectivity index (χ0v) is 11.2. The van der Waals surface area contributed by atoms with Crippen LogP contribution in [0.5, 0.6) is 0 Å². The van der Waals surface area contributed by atoms with E-state index < -0.39 is 6.10 Å². The van der Waals surface area contributed by atoms with Gasteiger partial charge < -0.3 is 9.84 Å². The van der Waals surface area contributed by atoms with Crippen LogP contribution in [0.1, 0.15) is 18.4 Å². The number of rotatable bonds is 8. The fraction of sp³-hybridized carbons (Fsp3) is 0.500. The van der Waals surface area contributed by atoms with Crippen molar-refractivity contribution in [3.8, 4) is 12.3 Å². The topological polar surface area (TPSA) is 32.7 Å². The van der Waals surface area contributed by atoms with Crippen molar-refractivity contribution in [1.29, 1.82) is 0 Å². The van der Waals surface area contributed by atoms with Crippen LogP contribution in [0.2, 0.25) is 0 Å². The third-order valence-electron chi connectivity index (χ3n) is 3.23. The molecule has 3 nitrogen and oxygen atoms in total. The Hall–Kier alpha value is -1.34. The molecule has 0 amide bonds. The normalized spacial score (nSPS) is 16.3. The maximum absolute atomic E-state index is 9.97. The molecule has 1 unspecified atom stereocenters. The zero-order valence-electron chi connectivity index (χ0n) is 11.2. The van der Waals surface area contributed by atoms with Crippen LogP contribution in [0.3, 0.4) is 0 Å². The van der Waals surface area contributed by atoms with Crippen molar-refractivity contribution >= 4 is 0 Å². The third-order valence-corrected chi connectivity index (χ3v) is 3.23. The minimum atomic E-state index is -0.474. The first-order valence-electron chi connectivity index (χ1n) is 6.77. The van der Waals surface area contributed by atoms with Gasteiger partial charge in [-0.3, -0.25) is 4.90 Å². The lowest BCUT2D eigenvalue weighted by Gasteiger charge is -2.24. The highest BCUT2D eigenvalue weighted by Gasteiger charge is 2.30. The van der Waals surface area contributed by atoms with Gasteiger partial charge in [0.1, 0.15) is 6.61 Å². The lowest BCUT2D eigenvalue weighted by atomic mass is 10.2. The van der Waals surface area contributed by atoms with Crippen molar-refractivity contribution in [2.75, 3.05) is 19.8 Å². The number of hydrogen-bond donors (Lipinski definition) is 1. The number of benzene rings is 1. The molecule has 1 aromatic rings. The standard InChI is InChI=1S/C16H21NO2/c1-2-10-19-13-16(18)12-17(15-8-9-15)11-14-6-4-3-5-7-14/h1,3-7,15-16,18H,8-13H2. The van der Waals surface area contributed by atoms with Crippen LogP contribution >= 0.6 is 0 Å². The van der Waals surface area contributed by atoms with E-state index in [1.165, 1.54) is 18.4 Å². The van der Waals surface area contributed by atoms with E-state index in [4.69, 9.17) is 11.2 Å². The molecule has 0 saturated heterocycles. The van der Waals surface area contributed by atoms with Gasteiger partial charge in [-0.25, -0.2) is 0 Å². The molecule has 102 valence electrons. The van der Waals surface area contributed by atoms with E-state index >= 15 is 0 Å². The van der Waals surface area contributed by atoms with E-state index in [2.05, 4.69) is 23.0 Å². The molecule has 1 saturated carbocycles. The number of aliphatic hydroxyl groups excluding tert-OH is 1. The molecule has 1 aliphatic carbocycles. The van der Waals surface area contributed by atoms with E-state index in [9.17, 15) is 5.11 Å². The average molecular weight is 259 g/mol. The largest absolute Gasteiger partial charge is 0.389 e.